The minimum atomic E-state index is -4.33. The van der Waals surface area contributed by atoms with Gasteiger partial charge in [0.05, 0.1) is 5.56 Å². The van der Waals surface area contributed by atoms with Crippen LogP contribution < -0.4 is 11.1 Å². The summed E-state index contributed by atoms with van der Waals surface area (Å²) in [5, 5.41) is 14.1. The van der Waals surface area contributed by atoms with Crippen LogP contribution in [0.1, 0.15) is 30.4 Å². The molecular formula is C13H18F3N3O. The maximum Gasteiger partial charge on any atom is 0.416 e. The van der Waals surface area contributed by atoms with Crippen LogP contribution in [0.2, 0.25) is 0 Å². The number of amidine groups is 1. The van der Waals surface area contributed by atoms with Gasteiger partial charge in [-0.05, 0) is 31.0 Å². The van der Waals surface area contributed by atoms with Crippen LogP contribution in [-0.4, -0.2) is 17.6 Å². The van der Waals surface area contributed by atoms with E-state index in [2.05, 4.69) is 10.5 Å². The quantitative estimate of drug-likeness (QED) is 0.238. The molecule has 0 fully saturated rings. The van der Waals surface area contributed by atoms with Crippen molar-refractivity contribution >= 4 is 5.84 Å². The lowest BCUT2D eigenvalue weighted by molar-refractivity contribution is -0.138. The Hall–Kier alpha value is -1.76. The molecule has 0 atom stereocenters. The fourth-order valence-corrected chi connectivity index (χ4v) is 1.78. The number of nitrogens with zero attached hydrogens (tertiary/aromatic N) is 1. The molecule has 0 heterocycles. The summed E-state index contributed by atoms with van der Waals surface area (Å²) in [6.07, 6.45) is -2.41. The third-order valence-corrected chi connectivity index (χ3v) is 2.80. The molecule has 1 aromatic rings. The molecule has 0 saturated carbocycles. The summed E-state index contributed by atoms with van der Waals surface area (Å²) < 4.78 is 38.2. The van der Waals surface area contributed by atoms with Crippen LogP contribution in [0.5, 0.6) is 0 Å². The van der Waals surface area contributed by atoms with Crippen molar-refractivity contribution in [1.29, 1.82) is 0 Å². The van der Waals surface area contributed by atoms with Crippen molar-refractivity contribution in [3.63, 3.8) is 0 Å². The minimum Gasteiger partial charge on any atom is -0.409 e. The molecule has 112 valence electrons. The van der Waals surface area contributed by atoms with Crippen LogP contribution in [-0.2, 0) is 12.7 Å². The lowest BCUT2D eigenvalue weighted by Crippen LogP contribution is -2.19. The second-order valence-corrected chi connectivity index (χ2v) is 4.38. The van der Waals surface area contributed by atoms with Crippen LogP contribution in [0.15, 0.2) is 29.4 Å². The van der Waals surface area contributed by atoms with E-state index in [1.54, 1.807) is 6.07 Å². The van der Waals surface area contributed by atoms with E-state index >= 15 is 0 Å². The van der Waals surface area contributed by atoms with Gasteiger partial charge in [0.15, 0.2) is 0 Å². The van der Waals surface area contributed by atoms with Gasteiger partial charge < -0.3 is 16.3 Å². The molecule has 0 bridgehead atoms. The van der Waals surface area contributed by atoms with E-state index < -0.39 is 11.7 Å². The monoisotopic (exact) mass is 289 g/mol. The zero-order valence-corrected chi connectivity index (χ0v) is 11.0. The normalized spacial score (nSPS) is 12.7. The Kier molecular flexibility index (Phi) is 6.30. The molecule has 0 aliphatic rings. The molecular weight excluding hydrogens is 271 g/mol. The highest BCUT2D eigenvalue weighted by atomic mass is 19.4. The summed E-state index contributed by atoms with van der Waals surface area (Å²) in [4.78, 5) is 0. The first-order valence-corrected chi connectivity index (χ1v) is 6.27. The second kappa shape index (κ2) is 7.74. The van der Waals surface area contributed by atoms with Crippen molar-refractivity contribution in [3.8, 4) is 0 Å². The first kappa shape index (κ1) is 16.3. The standard InChI is InChI=1S/C13H18F3N3O/c14-13(15,16)11-6-2-1-5-10(11)9-18-8-4-3-7-12(17)19-20/h1-2,5-6,18,20H,3-4,7-9H2,(H2,17,19). The Balaban J connectivity index is 2.36. The molecule has 20 heavy (non-hydrogen) atoms. The average Bonchev–Trinajstić information content (AvgIpc) is 2.41. The van der Waals surface area contributed by atoms with Crippen molar-refractivity contribution in [3.05, 3.63) is 35.4 Å². The molecule has 0 spiro atoms. The molecule has 0 aliphatic heterocycles. The van der Waals surface area contributed by atoms with Gasteiger partial charge in [-0.2, -0.15) is 13.2 Å². The van der Waals surface area contributed by atoms with Gasteiger partial charge in [0.2, 0.25) is 0 Å². The number of benzene rings is 1. The molecule has 0 aromatic heterocycles. The number of alkyl halides is 3. The first-order chi connectivity index (χ1) is 9.45. The molecule has 1 rings (SSSR count). The van der Waals surface area contributed by atoms with E-state index in [1.165, 1.54) is 12.1 Å². The van der Waals surface area contributed by atoms with Gasteiger partial charge in [0.1, 0.15) is 5.84 Å². The lowest BCUT2D eigenvalue weighted by Gasteiger charge is -2.13. The van der Waals surface area contributed by atoms with Gasteiger partial charge in [0.25, 0.3) is 0 Å². The highest BCUT2D eigenvalue weighted by Crippen LogP contribution is 2.31. The van der Waals surface area contributed by atoms with Gasteiger partial charge in [-0.25, -0.2) is 0 Å². The van der Waals surface area contributed by atoms with Crippen molar-refractivity contribution in [2.24, 2.45) is 10.9 Å². The second-order valence-electron chi connectivity index (χ2n) is 4.38. The molecule has 0 aliphatic carbocycles. The molecule has 0 unspecified atom stereocenters. The molecule has 1 aromatic carbocycles. The maximum absolute atomic E-state index is 12.7. The van der Waals surface area contributed by atoms with Crippen LogP contribution in [0.4, 0.5) is 13.2 Å². The molecule has 0 radical (unpaired) electrons. The number of hydrogen-bond acceptors (Lipinski definition) is 3. The van der Waals surface area contributed by atoms with Crippen LogP contribution in [0.25, 0.3) is 0 Å². The van der Waals surface area contributed by atoms with Gasteiger partial charge in [-0.1, -0.05) is 23.4 Å². The Labute approximate surface area is 115 Å². The van der Waals surface area contributed by atoms with Crippen LogP contribution in [0.3, 0.4) is 0 Å². The Morgan fingerprint density at radius 2 is 1.95 bits per heavy atom. The van der Waals surface area contributed by atoms with Gasteiger partial charge >= 0.3 is 6.18 Å². The van der Waals surface area contributed by atoms with E-state index in [0.29, 0.717) is 19.4 Å². The summed E-state index contributed by atoms with van der Waals surface area (Å²) in [7, 11) is 0. The lowest BCUT2D eigenvalue weighted by atomic mass is 10.1. The highest BCUT2D eigenvalue weighted by molar-refractivity contribution is 5.79. The van der Waals surface area contributed by atoms with E-state index in [-0.39, 0.29) is 17.9 Å². The number of halogens is 3. The SMILES string of the molecule is NC(CCCCNCc1ccccc1C(F)(F)F)=NO. The molecule has 4 N–H and O–H groups in total. The highest BCUT2D eigenvalue weighted by Gasteiger charge is 2.32. The number of nitrogens with one attached hydrogen (secondary N) is 1. The predicted molar refractivity (Wildman–Crippen MR) is 70.4 cm³/mol. The number of rotatable bonds is 7. The largest absolute Gasteiger partial charge is 0.416 e. The summed E-state index contributed by atoms with van der Waals surface area (Å²) in [6, 6.07) is 5.51. The van der Waals surface area contributed by atoms with Crippen molar-refractivity contribution in [2.75, 3.05) is 6.54 Å². The first-order valence-electron chi connectivity index (χ1n) is 6.27. The molecule has 0 amide bonds. The van der Waals surface area contributed by atoms with E-state index in [0.717, 1.165) is 12.5 Å². The van der Waals surface area contributed by atoms with Crippen molar-refractivity contribution in [2.45, 2.75) is 32.0 Å². The zero-order chi connectivity index (χ0) is 15.0. The Bertz CT molecular complexity index is 447. The molecule has 7 heteroatoms. The van der Waals surface area contributed by atoms with Crippen LogP contribution in [0, 0.1) is 0 Å². The predicted octanol–water partition coefficient (Wildman–Crippen LogP) is 2.71. The molecule has 4 nitrogen and oxygen atoms in total. The summed E-state index contributed by atoms with van der Waals surface area (Å²) in [5.41, 5.74) is 4.93. The van der Waals surface area contributed by atoms with E-state index in [9.17, 15) is 13.2 Å². The minimum absolute atomic E-state index is 0.160. The fourth-order valence-electron chi connectivity index (χ4n) is 1.78. The Morgan fingerprint density at radius 1 is 1.25 bits per heavy atom. The van der Waals surface area contributed by atoms with Gasteiger partial charge in [-0.3, -0.25) is 0 Å². The number of oxime groups is 1. The Morgan fingerprint density at radius 3 is 2.60 bits per heavy atom. The van der Waals surface area contributed by atoms with Crippen molar-refractivity contribution < 1.29 is 18.4 Å². The molecule has 0 saturated heterocycles. The number of nitrogens with two attached hydrogens (primary N) is 1. The van der Waals surface area contributed by atoms with Crippen LogP contribution >= 0.6 is 0 Å². The third kappa shape index (κ3) is 5.48. The topological polar surface area (TPSA) is 70.6 Å². The fraction of sp³-hybridized carbons (Fsp3) is 0.462. The van der Waals surface area contributed by atoms with Crippen molar-refractivity contribution in [1.82, 2.24) is 5.32 Å². The summed E-state index contributed by atoms with van der Waals surface area (Å²) in [6.45, 7) is 0.740. The number of unbranched alkanes of at least 4 members (excludes halogenated alkanes) is 1. The average molecular weight is 289 g/mol. The summed E-state index contributed by atoms with van der Waals surface area (Å²) >= 11 is 0. The van der Waals surface area contributed by atoms with Gasteiger partial charge in [0, 0.05) is 13.0 Å². The zero-order valence-electron chi connectivity index (χ0n) is 11.0. The maximum atomic E-state index is 12.7. The smallest absolute Gasteiger partial charge is 0.409 e. The summed E-state index contributed by atoms with van der Waals surface area (Å²) in [5.74, 6) is 0.160. The number of hydrogen-bond donors (Lipinski definition) is 3. The van der Waals surface area contributed by atoms with Gasteiger partial charge in [-0.15, -0.1) is 0 Å². The van der Waals surface area contributed by atoms with E-state index in [4.69, 9.17) is 10.9 Å². The van der Waals surface area contributed by atoms with E-state index in [1.807, 2.05) is 0 Å². The third-order valence-electron chi connectivity index (χ3n) is 2.80.